The van der Waals surface area contributed by atoms with E-state index in [-0.39, 0.29) is 38.6 Å². The third kappa shape index (κ3) is 10.1. The lowest BCUT2D eigenvalue weighted by Gasteiger charge is -2.15. The van der Waals surface area contributed by atoms with Crippen molar-refractivity contribution >= 4 is 39.6 Å². The normalized spacial score (nSPS) is 10.5. The zero-order valence-corrected chi connectivity index (χ0v) is 14.2. The molecule has 10 heteroatoms. The third-order valence-electron chi connectivity index (χ3n) is 2.35. The van der Waals surface area contributed by atoms with Gasteiger partial charge in [-0.15, -0.1) is 0 Å². The Labute approximate surface area is 137 Å². The molecule has 6 N–H and O–H groups in total. The van der Waals surface area contributed by atoms with Gasteiger partial charge in [-0.2, -0.15) is 0 Å². The van der Waals surface area contributed by atoms with Crippen LogP contribution in [0.5, 0.6) is 0 Å². The van der Waals surface area contributed by atoms with Crippen LogP contribution in [0.1, 0.15) is 13.8 Å². The van der Waals surface area contributed by atoms with Crippen LogP contribution in [0.2, 0.25) is 0 Å². The van der Waals surface area contributed by atoms with Crippen LogP contribution < -0.4 is 27.0 Å². The Morgan fingerprint density at radius 2 is 1.32 bits per heavy atom. The average Bonchev–Trinajstić information content (AvgIpc) is 2.45. The lowest BCUT2D eigenvalue weighted by atomic mass is 10.2. The third-order valence-corrected chi connectivity index (χ3v) is 2.71. The van der Waals surface area contributed by atoms with Crippen molar-refractivity contribution in [2.45, 2.75) is 18.2 Å². The van der Waals surface area contributed by atoms with E-state index in [0.29, 0.717) is 0 Å². The number of amides is 4. The first-order chi connectivity index (χ1) is 10.2. The zero-order chi connectivity index (χ0) is 17.2. The SMILES string of the molecule is CC(C)(Br)C(=O)NCCNC(=O)CNC(=O)CNC(=O)CN. The Morgan fingerprint density at radius 1 is 0.864 bits per heavy atom. The van der Waals surface area contributed by atoms with E-state index in [9.17, 15) is 19.2 Å². The molecule has 0 heterocycles. The summed E-state index contributed by atoms with van der Waals surface area (Å²) in [5, 5.41) is 9.77. The van der Waals surface area contributed by atoms with E-state index in [2.05, 4.69) is 37.2 Å². The summed E-state index contributed by atoms with van der Waals surface area (Å²) < 4.78 is -0.668. The molecule has 0 unspecified atom stereocenters. The van der Waals surface area contributed by atoms with Crippen LogP contribution >= 0.6 is 15.9 Å². The largest absolute Gasteiger partial charge is 0.353 e. The zero-order valence-electron chi connectivity index (χ0n) is 12.6. The predicted octanol–water partition coefficient (Wildman–Crippen LogP) is -2.42. The van der Waals surface area contributed by atoms with Crippen molar-refractivity contribution in [2.24, 2.45) is 5.73 Å². The molecule has 0 spiro atoms. The maximum absolute atomic E-state index is 11.5. The summed E-state index contributed by atoms with van der Waals surface area (Å²) in [5.74, 6) is -1.53. The van der Waals surface area contributed by atoms with Crippen molar-refractivity contribution in [3.05, 3.63) is 0 Å². The number of nitrogens with two attached hydrogens (primary N) is 1. The van der Waals surface area contributed by atoms with E-state index >= 15 is 0 Å². The predicted molar refractivity (Wildman–Crippen MR) is 84.1 cm³/mol. The maximum atomic E-state index is 11.5. The van der Waals surface area contributed by atoms with E-state index in [4.69, 9.17) is 5.73 Å². The number of alkyl halides is 1. The van der Waals surface area contributed by atoms with Gasteiger partial charge < -0.3 is 27.0 Å². The first-order valence-electron chi connectivity index (χ1n) is 6.64. The van der Waals surface area contributed by atoms with Gasteiger partial charge in [0.25, 0.3) is 0 Å². The van der Waals surface area contributed by atoms with Gasteiger partial charge in [0.15, 0.2) is 0 Å². The highest BCUT2D eigenvalue weighted by atomic mass is 79.9. The molecule has 0 aliphatic rings. The molecule has 0 rings (SSSR count). The van der Waals surface area contributed by atoms with Crippen molar-refractivity contribution in [3.8, 4) is 0 Å². The van der Waals surface area contributed by atoms with Crippen LogP contribution in [0.4, 0.5) is 0 Å². The van der Waals surface area contributed by atoms with Crippen LogP contribution in [0, 0.1) is 0 Å². The Bertz CT molecular complexity index is 422. The summed E-state index contributed by atoms with van der Waals surface area (Å²) in [6, 6.07) is 0. The second-order valence-corrected chi connectivity index (χ2v) is 6.82. The quantitative estimate of drug-likeness (QED) is 0.224. The minimum Gasteiger partial charge on any atom is -0.353 e. The van der Waals surface area contributed by atoms with Gasteiger partial charge in [0, 0.05) is 13.1 Å². The molecule has 0 aliphatic heterocycles. The number of hydrogen-bond acceptors (Lipinski definition) is 5. The van der Waals surface area contributed by atoms with Crippen LogP contribution in [-0.2, 0) is 19.2 Å². The molecule has 0 bridgehead atoms. The van der Waals surface area contributed by atoms with Crippen LogP contribution in [-0.4, -0.2) is 60.7 Å². The average molecular weight is 380 g/mol. The number of hydrogen-bond donors (Lipinski definition) is 5. The fourth-order valence-electron chi connectivity index (χ4n) is 1.14. The van der Waals surface area contributed by atoms with Crippen molar-refractivity contribution in [1.82, 2.24) is 21.3 Å². The highest BCUT2D eigenvalue weighted by Crippen LogP contribution is 2.14. The van der Waals surface area contributed by atoms with E-state index in [1.54, 1.807) is 13.8 Å². The molecule has 0 aliphatic carbocycles. The van der Waals surface area contributed by atoms with Gasteiger partial charge in [0.2, 0.25) is 23.6 Å². The monoisotopic (exact) mass is 379 g/mol. The van der Waals surface area contributed by atoms with Gasteiger partial charge in [-0.25, -0.2) is 0 Å². The molecule has 126 valence electrons. The minimum absolute atomic E-state index is 0.189. The number of rotatable bonds is 9. The van der Waals surface area contributed by atoms with E-state index in [0.717, 1.165) is 0 Å². The van der Waals surface area contributed by atoms with Gasteiger partial charge in [0.1, 0.15) is 0 Å². The summed E-state index contributed by atoms with van der Waals surface area (Å²) in [6.45, 7) is 3.28. The highest BCUT2D eigenvalue weighted by molar-refractivity contribution is 9.10. The van der Waals surface area contributed by atoms with Crippen molar-refractivity contribution < 1.29 is 19.2 Å². The van der Waals surface area contributed by atoms with Gasteiger partial charge >= 0.3 is 0 Å². The fourth-order valence-corrected chi connectivity index (χ4v) is 1.28. The maximum Gasteiger partial charge on any atom is 0.239 e. The lowest BCUT2D eigenvalue weighted by Crippen LogP contribution is -2.45. The molecule has 4 amide bonds. The molecular weight excluding hydrogens is 358 g/mol. The van der Waals surface area contributed by atoms with Crippen LogP contribution in [0.25, 0.3) is 0 Å². The topological polar surface area (TPSA) is 142 Å². The molecule has 0 fully saturated rings. The number of nitrogens with one attached hydrogen (secondary N) is 4. The highest BCUT2D eigenvalue weighted by Gasteiger charge is 2.22. The second-order valence-electron chi connectivity index (χ2n) is 4.84. The molecule has 9 nitrogen and oxygen atoms in total. The molecule has 0 saturated carbocycles. The van der Waals surface area contributed by atoms with E-state index in [1.807, 2.05) is 0 Å². The molecule has 0 aromatic carbocycles. The molecule has 22 heavy (non-hydrogen) atoms. The van der Waals surface area contributed by atoms with Crippen molar-refractivity contribution in [1.29, 1.82) is 0 Å². The summed E-state index contributed by atoms with van der Waals surface area (Å²) in [7, 11) is 0. The Morgan fingerprint density at radius 3 is 1.82 bits per heavy atom. The lowest BCUT2D eigenvalue weighted by molar-refractivity contribution is -0.127. The second kappa shape index (κ2) is 10.1. The molecule has 0 saturated heterocycles. The van der Waals surface area contributed by atoms with Crippen LogP contribution in [0.15, 0.2) is 0 Å². The fraction of sp³-hybridized carbons (Fsp3) is 0.667. The van der Waals surface area contributed by atoms with Crippen molar-refractivity contribution in [2.75, 3.05) is 32.7 Å². The smallest absolute Gasteiger partial charge is 0.239 e. The first-order valence-corrected chi connectivity index (χ1v) is 7.43. The standard InChI is InChI=1S/C12H22BrN5O4/c1-12(2,13)11(22)16-4-3-15-9(20)6-18-10(21)7-17-8(19)5-14/h3-7,14H2,1-2H3,(H,15,20)(H,16,22)(H,17,19)(H,18,21). The Kier molecular flexibility index (Phi) is 9.34. The molecule has 0 atom stereocenters. The number of carbonyl (C=O) groups is 4. The van der Waals surface area contributed by atoms with Crippen LogP contribution in [0.3, 0.4) is 0 Å². The summed E-state index contributed by atoms with van der Waals surface area (Å²) in [4.78, 5) is 45.0. The number of carbonyl (C=O) groups excluding carboxylic acids is 4. The first kappa shape index (κ1) is 20.3. The molecule has 0 aromatic heterocycles. The summed E-state index contributed by atoms with van der Waals surface area (Å²) in [6.07, 6.45) is 0. The van der Waals surface area contributed by atoms with Gasteiger partial charge in [-0.05, 0) is 13.8 Å². The number of halogens is 1. The molecule has 0 radical (unpaired) electrons. The summed E-state index contributed by atoms with van der Waals surface area (Å²) in [5.41, 5.74) is 5.06. The van der Waals surface area contributed by atoms with E-state index in [1.165, 1.54) is 0 Å². The van der Waals surface area contributed by atoms with E-state index < -0.39 is 22.0 Å². The minimum atomic E-state index is -0.668. The van der Waals surface area contributed by atoms with Gasteiger partial charge in [0.05, 0.1) is 24.0 Å². The van der Waals surface area contributed by atoms with Crippen molar-refractivity contribution in [3.63, 3.8) is 0 Å². The summed E-state index contributed by atoms with van der Waals surface area (Å²) >= 11 is 3.21. The Balaban J connectivity index is 3.72. The molecule has 0 aromatic rings. The Hall–Kier alpha value is -1.68. The van der Waals surface area contributed by atoms with Gasteiger partial charge in [-0.1, -0.05) is 15.9 Å². The van der Waals surface area contributed by atoms with Gasteiger partial charge in [-0.3, -0.25) is 19.2 Å². The molecular formula is C12H22BrN5O4.